The molecule has 0 radical (unpaired) electrons. The number of piperidine rings is 1. The number of carbonyl (C=O) groups is 1. The van der Waals surface area contributed by atoms with E-state index in [1.165, 1.54) is 0 Å². The summed E-state index contributed by atoms with van der Waals surface area (Å²) in [5.41, 5.74) is 9.33. The largest absolute Gasteiger partial charge is 0.372 e. The van der Waals surface area contributed by atoms with Crippen LogP contribution in [0.2, 0.25) is 0 Å². The number of carbonyl (C=O) groups excluding carboxylic acids is 1. The fraction of sp³-hybridized carbons (Fsp3) is 0.500. The number of ether oxygens (including phenoxy) is 1. The Bertz CT molecular complexity index is 812. The number of anilines is 1. The summed E-state index contributed by atoms with van der Waals surface area (Å²) in [6.07, 6.45) is 9.34. The lowest BCUT2D eigenvalue weighted by Crippen LogP contribution is -2.44. The summed E-state index contributed by atoms with van der Waals surface area (Å²) in [4.78, 5) is 27.8. The van der Waals surface area contributed by atoms with E-state index < -0.39 is 0 Å². The van der Waals surface area contributed by atoms with Gasteiger partial charge in [0.05, 0.1) is 12.7 Å². The lowest BCUT2D eigenvalue weighted by molar-refractivity contribution is -0.00701. The molecule has 1 fully saturated rings. The van der Waals surface area contributed by atoms with Crippen molar-refractivity contribution in [1.29, 1.82) is 0 Å². The highest BCUT2D eigenvalue weighted by atomic mass is 16.5. The number of aryl methyl sites for hydroxylation is 1. The number of rotatable bonds is 4. The van der Waals surface area contributed by atoms with Crippen molar-refractivity contribution in [2.75, 3.05) is 18.8 Å². The Balaban J connectivity index is 1.45. The van der Waals surface area contributed by atoms with Gasteiger partial charge in [-0.3, -0.25) is 9.78 Å². The summed E-state index contributed by atoms with van der Waals surface area (Å²) in [6, 6.07) is 3.90. The van der Waals surface area contributed by atoms with Gasteiger partial charge in [0.2, 0.25) is 5.95 Å². The number of nitrogens with two attached hydrogens (primary N) is 1. The first-order valence-corrected chi connectivity index (χ1v) is 9.66. The molecule has 2 aliphatic rings. The van der Waals surface area contributed by atoms with Crippen molar-refractivity contribution in [1.82, 2.24) is 19.9 Å². The smallest absolute Gasteiger partial charge is 0.273 e. The Morgan fingerprint density at radius 1 is 1.26 bits per heavy atom. The second-order valence-corrected chi connectivity index (χ2v) is 7.25. The zero-order chi connectivity index (χ0) is 18.6. The van der Waals surface area contributed by atoms with Crippen molar-refractivity contribution < 1.29 is 9.53 Å². The molecular weight excluding hydrogens is 342 g/mol. The molecule has 7 nitrogen and oxygen atoms in total. The van der Waals surface area contributed by atoms with Crippen LogP contribution in [0.4, 0.5) is 5.95 Å². The number of hydrogen-bond donors (Lipinski definition) is 1. The normalized spacial score (nSPS) is 19.6. The predicted octanol–water partition coefficient (Wildman–Crippen LogP) is 2.15. The van der Waals surface area contributed by atoms with Crippen LogP contribution in [0.1, 0.15) is 53.0 Å². The number of pyridine rings is 1. The van der Waals surface area contributed by atoms with Crippen LogP contribution in [0, 0.1) is 0 Å². The van der Waals surface area contributed by atoms with Crippen LogP contribution < -0.4 is 5.73 Å². The molecule has 1 saturated heterocycles. The van der Waals surface area contributed by atoms with E-state index in [1.807, 2.05) is 23.2 Å². The van der Waals surface area contributed by atoms with Gasteiger partial charge in [0.25, 0.3) is 5.91 Å². The van der Waals surface area contributed by atoms with Crippen LogP contribution in [-0.2, 0) is 24.2 Å². The van der Waals surface area contributed by atoms with Crippen molar-refractivity contribution in [3.05, 3.63) is 47.0 Å². The lowest BCUT2D eigenvalue weighted by Gasteiger charge is -2.33. The van der Waals surface area contributed by atoms with Gasteiger partial charge in [-0.25, -0.2) is 9.97 Å². The molecule has 0 aromatic carbocycles. The first kappa shape index (κ1) is 17.9. The highest BCUT2D eigenvalue weighted by Gasteiger charge is 2.29. The van der Waals surface area contributed by atoms with Gasteiger partial charge in [-0.15, -0.1) is 0 Å². The maximum absolute atomic E-state index is 13.2. The highest BCUT2D eigenvalue weighted by Crippen LogP contribution is 2.25. The van der Waals surface area contributed by atoms with E-state index in [1.54, 1.807) is 6.20 Å². The van der Waals surface area contributed by atoms with E-state index in [-0.39, 0.29) is 18.0 Å². The third kappa shape index (κ3) is 4.08. The Kier molecular flexibility index (Phi) is 5.29. The van der Waals surface area contributed by atoms with Gasteiger partial charge in [0.15, 0.2) is 0 Å². The summed E-state index contributed by atoms with van der Waals surface area (Å²) in [6.45, 7) is 1.82. The molecule has 0 saturated carbocycles. The Labute approximate surface area is 159 Å². The number of fused-ring (bicyclic) bond motifs is 1. The first-order chi connectivity index (χ1) is 13.2. The van der Waals surface area contributed by atoms with Gasteiger partial charge in [-0.05, 0) is 50.2 Å². The summed E-state index contributed by atoms with van der Waals surface area (Å²) in [5.74, 6) is 0.150. The summed E-state index contributed by atoms with van der Waals surface area (Å²) < 4.78 is 6.03. The van der Waals surface area contributed by atoms with Gasteiger partial charge >= 0.3 is 0 Å². The number of likely N-dealkylation sites (tertiary alicyclic amines) is 1. The minimum atomic E-state index is -0.0445. The molecule has 2 N–H and O–H groups in total. The number of amides is 1. The number of nitrogen functional groups attached to an aromatic ring is 1. The van der Waals surface area contributed by atoms with Crippen LogP contribution in [-0.4, -0.2) is 45.0 Å². The SMILES string of the molecule is Nc1nc2c(c(C(=O)N3CCCC(OCc4cccnc4)C3)n1)CCCC2. The van der Waals surface area contributed by atoms with Crippen molar-refractivity contribution in [3.8, 4) is 0 Å². The Morgan fingerprint density at radius 2 is 2.15 bits per heavy atom. The van der Waals surface area contributed by atoms with Gasteiger partial charge in [0, 0.05) is 36.7 Å². The van der Waals surface area contributed by atoms with Crippen molar-refractivity contribution in [2.24, 2.45) is 0 Å². The van der Waals surface area contributed by atoms with Crippen LogP contribution >= 0.6 is 0 Å². The maximum atomic E-state index is 13.2. The van der Waals surface area contributed by atoms with Gasteiger partial charge in [-0.2, -0.15) is 0 Å². The van der Waals surface area contributed by atoms with E-state index in [0.717, 1.165) is 61.9 Å². The van der Waals surface area contributed by atoms with Crippen molar-refractivity contribution in [3.63, 3.8) is 0 Å². The molecule has 2 aromatic rings. The molecule has 3 heterocycles. The van der Waals surface area contributed by atoms with Crippen molar-refractivity contribution >= 4 is 11.9 Å². The van der Waals surface area contributed by atoms with E-state index in [4.69, 9.17) is 10.5 Å². The number of nitrogens with zero attached hydrogens (tertiary/aromatic N) is 4. The third-order valence-electron chi connectivity index (χ3n) is 5.28. The molecule has 7 heteroatoms. The zero-order valence-electron chi connectivity index (χ0n) is 15.4. The molecule has 4 rings (SSSR count). The number of aromatic nitrogens is 3. The second kappa shape index (κ2) is 8.00. The average molecular weight is 367 g/mol. The van der Waals surface area contributed by atoms with Crippen LogP contribution in [0.15, 0.2) is 24.5 Å². The maximum Gasteiger partial charge on any atom is 0.273 e. The molecular formula is C20H25N5O2. The first-order valence-electron chi connectivity index (χ1n) is 9.66. The topological polar surface area (TPSA) is 94.2 Å². The molecule has 0 bridgehead atoms. The Morgan fingerprint density at radius 3 is 3.00 bits per heavy atom. The highest BCUT2D eigenvalue weighted by molar-refractivity contribution is 5.94. The molecule has 1 unspecified atom stereocenters. The van der Waals surface area contributed by atoms with Crippen LogP contribution in [0.5, 0.6) is 0 Å². The van der Waals surface area contributed by atoms with Gasteiger partial charge < -0.3 is 15.4 Å². The molecule has 1 aliphatic heterocycles. The minimum absolute atomic E-state index is 0.0258. The molecule has 27 heavy (non-hydrogen) atoms. The molecule has 2 aromatic heterocycles. The lowest BCUT2D eigenvalue weighted by atomic mass is 9.94. The van der Waals surface area contributed by atoms with E-state index in [9.17, 15) is 4.79 Å². The minimum Gasteiger partial charge on any atom is -0.372 e. The molecule has 142 valence electrons. The van der Waals surface area contributed by atoms with Gasteiger partial charge in [0.1, 0.15) is 5.69 Å². The number of hydrogen-bond acceptors (Lipinski definition) is 6. The van der Waals surface area contributed by atoms with Crippen LogP contribution in [0.3, 0.4) is 0 Å². The molecule has 1 amide bonds. The Hall–Kier alpha value is -2.54. The summed E-state index contributed by atoms with van der Waals surface area (Å²) in [5, 5.41) is 0. The summed E-state index contributed by atoms with van der Waals surface area (Å²) >= 11 is 0. The standard InChI is InChI=1S/C20H25N5O2/c21-20-23-17-8-2-1-7-16(17)18(24-20)19(26)25-10-4-6-15(12-25)27-13-14-5-3-9-22-11-14/h3,5,9,11,15H,1-2,4,6-8,10,12-13H2,(H2,21,23,24). The van der Waals surface area contributed by atoms with Crippen LogP contribution in [0.25, 0.3) is 0 Å². The quantitative estimate of drug-likeness (QED) is 0.890. The van der Waals surface area contributed by atoms with E-state index >= 15 is 0 Å². The van der Waals surface area contributed by atoms with E-state index in [2.05, 4.69) is 15.0 Å². The third-order valence-corrected chi connectivity index (χ3v) is 5.28. The summed E-state index contributed by atoms with van der Waals surface area (Å²) in [7, 11) is 0. The second-order valence-electron chi connectivity index (χ2n) is 7.25. The van der Waals surface area contributed by atoms with Crippen molar-refractivity contribution in [2.45, 2.75) is 51.2 Å². The van der Waals surface area contributed by atoms with Gasteiger partial charge in [-0.1, -0.05) is 6.07 Å². The zero-order valence-corrected chi connectivity index (χ0v) is 15.4. The fourth-order valence-electron chi connectivity index (χ4n) is 3.90. The fourth-order valence-corrected chi connectivity index (χ4v) is 3.90. The predicted molar refractivity (Wildman–Crippen MR) is 101 cm³/mol. The monoisotopic (exact) mass is 367 g/mol. The average Bonchev–Trinajstić information content (AvgIpc) is 2.72. The molecule has 1 atom stereocenters. The molecule has 1 aliphatic carbocycles. The van der Waals surface area contributed by atoms with E-state index in [0.29, 0.717) is 18.8 Å². The molecule has 0 spiro atoms.